The molecule has 9 nitrogen and oxygen atoms in total. The zero-order valence-corrected chi connectivity index (χ0v) is 22.2. The van der Waals surface area contributed by atoms with Crippen molar-refractivity contribution >= 4 is 28.6 Å². The van der Waals surface area contributed by atoms with Crippen LogP contribution in [0.3, 0.4) is 0 Å². The van der Waals surface area contributed by atoms with Crippen molar-refractivity contribution in [2.24, 2.45) is 18.0 Å². The Balaban J connectivity index is 1.12. The van der Waals surface area contributed by atoms with Gasteiger partial charge in [-0.3, -0.25) is 19.2 Å². The summed E-state index contributed by atoms with van der Waals surface area (Å²) in [5.41, 5.74) is 3.40. The first-order chi connectivity index (χ1) is 19.0. The Labute approximate surface area is 227 Å². The van der Waals surface area contributed by atoms with Crippen LogP contribution < -0.4 is 0 Å². The van der Waals surface area contributed by atoms with Crippen molar-refractivity contribution in [3.8, 4) is 11.1 Å². The minimum atomic E-state index is -0.828. The summed E-state index contributed by atoms with van der Waals surface area (Å²) in [4.78, 5) is 35.4. The zero-order chi connectivity index (χ0) is 26.6. The van der Waals surface area contributed by atoms with Crippen LogP contribution >= 0.6 is 0 Å². The zero-order valence-electron chi connectivity index (χ0n) is 22.2. The highest BCUT2D eigenvalue weighted by atomic mass is 16.5. The number of fused-ring (bicyclic) bond motifs is 1. The second-order valence-corrected chi connectivity index (χ2v) is 11.2. The third kappa shape index (κ3) is 4.24. The van der Waals surface area contributed by atoms with Crippen molar-refractivity contribution in [3.05, 3.63) is 54.2 Å². The van der Waals surface area contributed by atoms with E-state index in [0.717, 1.165) is 46.9 Å². The van der Waals surface area contributed by atoms with Crippen LogP contribution in [0.4, 0.5) is 0 Å². The number of ether oxygens (including phenoxy) is 2. The normalized spacial score (nSPS) is 26.9. The van der Waals surface area contributed by atoms with Crippen LogP contribution in [-0.2, 0) is 26.1 Å². The van der Waals surface area contributed by atoms with E-state index in [0.29, 0.717) is 51.7 Å². The van der Waals surface area contributed by atoms with Crippen LogP contribution in [0.25, 0.3) is 22.0 Å². The Morgan fingerprint density at radius 3 is 2.67 bits per heavy atom. The van der Waals surface area contributed by atoms with E-state index in [2.05, 4.69) is 47.6 Å². The molecule has 1 unspecified atom stereocenters. The second kappa shape index (κ2) is 9.57. The average molecular weight is 528 g/mol. The number of rotatable bonds is 5. The summed E-state index contributed by atoms with van der Waals surface area (Å²) < 4.78 is 13.1. The summed E-state index contributed by atoms with van der Waals surface area (Å²) in [6.45, 7) is 3.44. The van der Waals surface area contributed by atoms with Crippen molar-refractivity contribution in [1.29, 1.82) is 0 Å². The molecule has 3 atom stereocenters. The molecule has 0 N–H and O–H groups in total. The van der Waals surface area contributed by atoms with Crippen LogP contribution in [0.1, 0.15) is 31.2 Å². The standard InChI is InChI=1S/C30H33N5O4/c1-33-25-9-8-23(15-24(25)16-31-33)21-4-6-22(7-5-21)27-32-30(11-14-38-19-30)29(37)35(27)18-20-10-12-34(17-20)28(36)26-3-2-13-39-26/h4-9,15-16,20,26H,2-3,10-14,17-19H2,1H3/t20-,26-,30?/m1/s1. The fourth-order valence-electron chi connectivity index (χ4n) is 6.43. The minimum Gasteiger partial charge on any atom is -0.378 e. The van der Waals surface area contributed by atoms with E-state index in [-0.39, 0.29) is 23.8 Å². The first-order valence-corrected chi connectivity index (χ1v) is 13.9. The van der Waals surface area contributed by atoms with Gasteiger partial charge in [-0.2, -0.15) is 5.10 Å². The summed E-state index contributed by atoms with van der Waals surface area (Å²) in [6.07, 6.45) is 4.79. The molecule has 0 bridgehead atoms. The van der Waals surface area contributed by atoms with E-state index in [1.54, 1.807) is 0 Å². The van der Waals surface area contributed by atoms with Crippen molar-refractivity contribution in [2.45, 2.75) is 37.3 Å². The molecule has 3 saturated heterocycles. The lowest BCUT2D eigenvalue weighted by Gasteiger charge is -2.25. The number of nitrogens with zero attached hydrogens (tertiary/aromatic N) is 5. The van der Waals surface area contributed by atoms with Gasteiger partial charge in [-0.25, -0.2) is 4.99 Å². The summed E-state index contributed by atoms with van der Waals surface area (Å²) >= 11 is 0. The first kappa shape index (κ1) is 24.5. The van der Waals surface area contributed by atoms with E-state index in [1.165, 1.54) is 0 Å². The minimum absolute atomic E-state index is 0.0185. The Hall–Kier alpha value is -3.56. The maximum Gasteiger partial charge on any atom is 0.258 e. The molecule has 0 aliphatic carbocycles. The maximum absolute atomic E-state index is 13.8. The largest absolute Gasteiger partial charge is 0.378 e. The molecule has 202 valence electrons. The van der Waals surface area contributed by atoms with Gasteiger partial charge in [-0.1, -0.05) is 30.3 Å². The van der Waals surface area contributed by atoms with Gasteiger partial charge in [0.15, 0.2) is 5.54 Å². The molecule has 5 heterocycles. The Kier molecular flexibility index (Phi) is 6.01. The lowest BCUT2D eigenvalue weighted by Crippen LogP contribution is -2.45. The van der Waals surface area contributed by atoms with Crippen LogP contribution in [0, 0.1) is 5.92 Å². The van der Waals surface area contributed by atoms with Crippen molar-refractivity contribution < 1.29 is 19.1 Å². The molecule has 3 aromatic rings. The number of hydrogen-bond acceptors (Lipinski definition) is 6. The quantitative estimate of drug-likeness (QED) is 0.509. The molecule has 0 radical (unpaired) electrons. The van der Waals surface area contributed by atoms with Gasteiger partial charge in [0.25, 0.3) is 11.8 Å². The third-order valence-electron chi connectivity index (χ3n) is 8.69. The van der Waals surface area contributed by atoms with Crippen LogP contribution in [0.2, 0.25) is 0 Å². The summed E-state index contributed by atoms with van der Waals surface area (Å²) in [5.74, 6) is 1.03. The number of likely N-dealkylation sites (tertiary alicyclic amines) is 1. The van der Waals surface area contributed by atoms with Gasteiger partial charge in [-0.05, 0) is 48.4 Å². The van der Waals surface area contributed by atoms with E-state index in [4.69, 9.17) is 14.5 Å². The van der Waals surface area contributed by atoms with Crippen LogP contribution in [0.5, 0.6) is 0 Å². The fraction of sp³-hybridized carbons (Fsp3) is 0.467. The number of benzene rings is 2. The molecule has 9 heteroatoms. The Morgan fingerprint density at radius 1 is 1.08 bits per heavy atom. The predicted molar refractivity (Wildman–Crippen MR) is 146 cm³/mol. The molecular weight excluding hydrogens is 494 g/mol. The molecule has 0 saturated carbocycles. The van der Waals surface area contributed by atoms with Gasteiger partial charge in [0.2, 0.25) is 0 Å². The second-order valence-electron chi connectivity index (χ2n) is 11.2. The molecule has 2 aromatic carbocycles. The van der Waals surface area contributed by atoms with E-state index >= 15 is 0 Å². The van der Waals surface area contributed by atoms with Gasteiger partial charge >= 0.3 is 0 Å². The van der Waals surface area contributed by atoms with Gasteiger partial charge in [0.05, 0.1) is 18.3 Å². The number of amides is 2. The molecular formula is C30H33N5O4. The molecule has 4 aliphatic heterocycles. The lowest BCUT2D eigenvalue weighted by molar-refractivity contribution is -0.139. The Morgan fingerprint density at radius 2 is 1.90 bits per heavy atom. The number of carbonyl (C=O) groups excluding carboxylic acids is 2. The van der Waals surface area contributed by atoms with Gasteiger partial charge in [0.1, 0.15) is 11.9 Å². The summed E-state index contributed by atoms with van der Waals surface area (Å²) in [7, 11) is 1.94. The molecule has 7 rings (SSSR count). The van der Waals surface area contributed by atoms with Crippen molar-refractivity contribution in [2.75, 3.05) is 39.5 Å². The number of aryl methyl sites for hydroxylation is 1. The summed E-state index contributed by atoms with van der Waals surface area (Å²) in [6, 6.07) is 14.6. The third-order valence-corrected chi connectivity index (χ3v) is 8.69. The Bertz CT molecular complexity index is 1450. The lowest BCUT2D eigenvalue weighted by atomic mass is 9.98. The number of aromatic nitrogens is 2. The van der Waals surface area contributed by atoms with E-state index in [1.807, 2.05) is 27.7 Å². The highest BCUT2D eigenvalue weighted by Crippen LogP contribution is 2.35. The molecule has 39 heavy (non-hydrogen) atoms. The van der Waals surface area contributed by atoms with Crippen molar-refractivity contribution in [3.63, 3.8) is 0 Å². The van der Waals surface area contributed by atoms with Gasteiger partial charge in [0, 0.05) is 57.3 Å². The monoisotopic (exact) mass is 527 g/mol. The van der Waals surface area contributed by atoms with E-state index < -0.39 is 5.54 Å². The number of aliphatic imine (C=N–C) groups is 1. The number of hydrogen-bond donors (Lipinski definition) is 0. The van der Waals surface area contributed by atoms with E-state index in [9.17, 15) is 9.59 Å². The molecule has 1 spiro atoms. The van der Waals surface area contributed by atoms with Crippen LogP contribution in [-0.4, -0.2) is 88.3 Å². The molecule has 3 fully saturated rings. The highest BCUT2D eigenvalue weighted by molar-refractivity contribution is 6.15. The smallest absolute Gasteiger partial charge is 0.258 e. The van der Waals surface area contributed by atoms with Gasteiger partial charge in [-0.15, -0.1) is 0 Å². The molecule has 2 amide bonds. The highest BCUT2D eigenvalue weighted by Gasteiger charge is 2.51. The fourth-order valence-corrected chi connectivity index (χ4v) is 6.43. The van der Waals surface area contributed by atoms with Crippen LogP contribution in [0.15, 0.2) is 53.7 Å². The summed E-state index contributed by atoms with van der Waals surface area (Å²) in [5, 5.41) is 5.45. The average Bonchev–Trinajstić information content (AvgIpc) is 3.80. The van der Waals surface area contributed by atoms with Gasteiger partial charge < -0.3 is 14.4 Å². The number of carbonyl (C=O) groups is 2. The predicted octanol–water partition coefficient (Wildman–Crippen LogP) is 3.02. The first-order valence-electron chi connectivity index (χ1n) is 13.9. The number of amidine groups is 1. The maximum atomic E-state index is 13.8. The molecule has 1 aromatic heterocycles. The SMILES string of the molecule is Cn1ncc2cc(-c3ccc(C4=NC5(CCOC5)C(=O)N4C[C@@H]4CCN(C(=O)[C@H]5CCCO5)C4)cc3)ccc21. The topological polar surface area (TPSA) is 89.3 Å². The van der Waals surface area contributed by atoms with Crippen molar-refractivity contribution in [1.82, 2.24) is 19.6 Å². The molecule has 4 aliphatic rings.